The lowest BCUT2D eigenvalue weighted by atomic mass is 9.96. The predicted octanol–water partition coefficient (Wildman–Crippen LogP) is 3.69. The van der Waals surface area contributed by atoms with Crippen LogP contribution in [0.5, 0.6) is 5.75 Å². The number of carbonyl (C=O) groups is 1. The third-order valence-electron chi connectivity index (χ3n) is 5.67. The quantitative estimate of drug-likeness (QED) is 0.543. The van der Waals surface area contributed by atoms with E-state index in [9.17, 15) is 4.79 Å². The van der Waals surface area contributed by atoms with E-state index in [1.54, 1.807) is 14.0 Å². The Bertz CT molecular complexity index is 843. The third-order valence-corrected chi connectivity index (χ3v) is 5.67. The van der Waals surface area contributed by atoms with E-state index in [0.717, 1.165) is 55.7 Å². The number of rotatable bonds is 11. The van der Waals surface area contributed by atoms with Gasteiger partial charge in [-0.2, -0.15) is 4.98 Å². The van der Waals surface area contributed by atoms with Crippen LogP contribution in [0.3, 0.4) is 0 Å². The van der Waals surface area contributed by atoms with Crippen LogP contribution in [0.15, 0.2) is 36.5 Å². The van der Waals surface area contributed by atoms with Gasteiger partial charge in [-0.3, -0.25) is 0 Å². The van der Waals surface area contributed by atoms with Gasteiger partial charge in [-0.1, -0.05) is 19.1 Å². The lowest BCUT2D eigenvalue weighted by molar-refractivity contribution is -0.117. The zero-order chi connectivity index (χ0) is 22.2. The molecule has 2 aromatic rings. The normalized spacial score (nSPS) is 16.9. The predicted molar refractivity (Wildman–Crippen MR) is 123 cm³/mol. The minimum absolute atomic E-state index is 0.120. The van der Waals surface area contributed by atoms with Gasteiger partial charge in [-0.25, -0.2) is 4.98 Å². The summed E-state index contributed by atoms with van der Waals surface area (Å²) in [5, 5.41) is 0. The number of anilines is 2. The summed E-state index contributed by atoms with van der Waals surface area (Å²) in [6.07, 6.45) is 3.46. The minimum Gasteiger partial charge on any atom is -0.489 e. The molecule has 1 aliphatic rings. The first-order valence-corrected chi connectivity index (χ1v) is 11.1. The number of aromatic nitrogens is 2. The average molecular weight is 427 g/mol. The third kappa shape index (κ3) is 6.40. The Morgan fingerprint density at radius 2 is 2.06 bits per heavy atom. The van der Waals surface area contributed by atoms with Crippen molar-refractivity contribution in [3.8, 4) is 5.75 Å². The molecule has 2 heterocycles. The van der Waals surface area contributed by atoms with Gasteiger partial charge in [-0.15, -0.1) is 0 Å². The van der Waals surface area contributed by atoms with Gasteiger partial charge < -0.3 is 24.1 Å². The van der Waals surface area contributed by atoms with Crippen LogP contribution >= 0.6 is 0 Å². The van der Waals surface area contributed by atoms with E-state index < -0.39 is 0 Å². The Labute approximate surface area is 185 Å². The number of carbonyl (C=O) groups excluding carboxylic acids is 1. The number of ketones is 1. The van der Waals surface area contributed by atoms with Crippen LogP contribution in [-0.4, -0.2) is 61.8 Å². The van der Waals surface area contributed by atoms with E-state index in [0.29, 0.717) is 13.0 Å². The van der Waals surface area contributed by atoms with Gasteiger partial charge >= 0.3 is 0 Å². The number of hydrogen-bond acceptors (Lipinski definition) is 7. The molecule has 0 radical (unpaired) electrons. The molecule has 168 valence electrons. The van der Waals surface area contributed by atoms with Gasteiger partial charge in [0.1, 0.15) is 23.5 Å². The lowest BCUT2D eigenvalue weighted by Gasteiger charge is -2.23. The molecular formula is C24H34N4O3. The Balaban J connectivity index is 1.58. The number of ether oxygens (including phenoxy) is 2. The fraction of sp³-hybridized carbons (Fsp3) is 0.542. The average Bonchev–Trinajstić information content (AvgIpc) is 3.23. The molecule has 3 rings (SSSR count). The fourth-order valence-electron chi connectivity index (χ4n) is 3.92. The van der Waals surface area contributed by atoms with Gasteiger partial charge in [-0.05, 0) is 43.5 Å². The molecule has 1 fully saturated rings. The zero-order valence-electron chi connectivity index (χ0n) is 19.1. The molecule has 0 spiro atoms. The van der Waals surface area contributed by atoms with Gasteiger partial charge in [0.05, 0.1) is 13.2 Å². The molecule has 31 heavy (non-hydrogen) atoms. The highest BCUT2D eigenvalue weighted by molar-refractivity contribution is 5.76. The highest BCUT2D eigenvalue weighted by atomic mass is 16.5. The van der Waals surface area contributed by atoms with Crippen LogP contribution in [0.1, 0.15) is 45.1 Å². The number of nitrogens with zero attached hydrogens (tertiary/aromatic N) is 4. The summed E-state index contributed by atoms with van der Waals surface area (Å²) < 4.78 is 11.4. The summed E-state index contributed by atoms with van der Waals surface area (Å²) in [5.74, 6) is 2.97. The minimum atomic E-state index is 0.120. The van der Waals surface area contributed by atoms with Crippen molar-refractivity contribution in [2.45, 2.75) is 45.6 Å². The summed E-state index contributed by atoms with van der Waals surface area (Å²) in [6.45, 7) is 9.76. The SMILES string of the molecule is CCN(CCOC)c1nccc(N2CC[C@@H](Oc3ccc([C@H](C)CC(C)=O)cc3)C2)n1. The van der Waals surface area contributed by atoms with Crippen molar-refractivity contribution in [3.05, 3.63) is 42.1 Å². The molecule has 1 aliphatic heterocycles. The highest BCUT2D eigenvalue weighted by Crippen LogP contribution is 2.26. The van der Waals surface area contributed by atoms with Crippen molar-refractivity contribution in [3.63, 3.8) is 0 Å². The Morgan fingerprint density at radius 1 is 1.29 bits per heavy atom. The first-order valence-electron chi connectivity index (χ1n) is 11.1. The summed E-state index contributed by atoms with van der Waals surface area (Å²) in [5.41, 5.74) is 1.16. The molecule has 1 aromatic carbocycles. The van der Waals surface area contributed by atoms with E-state index in [2.05, 4.69) is 40.8 Å². The molecule has 2 atom stereocenters. The van der Waals surface area contributed by atoms with E-state index in [1.165, 1.54) is 0 Å². The first-order chi connectivity index (χ1) is 15.0. The summed E-state index contributed by atoms with van der Waals surface area (Å²) in [4.78, 5) is 24.9. The van der Waals surface area contributed by atoms with Crippen LogP contribution in [-0.2, 0) is 9.53 Å². The maximum absolute atomic E-state index is 11.3. The van der Waals surface area contributed by atoms with Crippen LogP contribution in [0, 0.1) is 0 Å². The second-order valence-corrected chi connectivity index (χ2v) is 8.14. The maximum Gasteiger partial charge on any atom is 0.227 e. The zero-order valence-corrected chi connectivity index (χ0v) is 19.1. The monoisotopic (exact) mass is 426 g/mol. The first kappa shape index (κ1) is 23.0. The molecule has 7 nitrogen and oxygen atoms in total. The van der Waals surface area contributed by atoms with Crippen LogP contribution in [0.4, 0.5) is 11.8 Å². The lowest BCUT2D eigenvalue weighted by Crippen LogP contribution is -2.30. The van der Waals surface area contributed by atoms with Crippen LogP contribution < -0.4 is 14.5 Å². The van der Waals surface area contributed by atoms with Gasteiger partial charge in [0.25, 0.3) is 0 Å². The molecule has 0 bridgehead atoms. The molecule has 1 saturated heterocycles. The largest absolute Gasteiger partial charge is 0.489 e. The highest BCUT2D eigenvalue weighted by Gasteiger charge is 2.25. The second kappa shape index (κ2) is 11.1. The second-order valence-electron chi connectivity index (χ2n) is 8.14. The Morgan fingerprint density at radius 3 is 2.74 bits per heavy atom. The molecule has 0 amide bonds. The van der Waals surface area contributed by atoms with E-state index >= 15 is 0 Å². The summed E-state index contributed by atoms with van der Waals surface area (Å²) >= 11 is 0. The Kier molecular flexibility index (Phi) is 8.23. The number of methoxy groups -OCH3 is 1. The smallest absolute Gasteiger partial charge is 0.227 e. The van der Waals surface area contributed by atoms with E-state index in [1.807, 2.05) is 24.4 Å². The number of hydrogen-bond donors (Lipinski definition) is 0. The summed E-state index contributed by atoms with van der Waals surface area (Å²) in [7, 11) is 1.70. The maximum atomic E-state index is 11.3. The van der Waals surface area contributed by atoms with Gasteiger partial charge in [0.15, 0.2) is 0 Å². The van der Waals surface area contributed by atoms with Crippen molar-refractivity contribution in [2.24, 2.45) is 0 Å². The van der Waals surface area contributed by atoms with Crippen molar-refractivity contribution in [1.82, 2.24) is 9.97 Å². The van der Waals surface area contributed by atoms with Crippen LogP contribution in [0.25, 0.3) is 0 Å². The van der Waals surface area contributed by atoms with Crippen molar-refractivity contribution >= 4 is 17.5 Å². The van der Waals surface area contributed by atoms with Gasteiger partial charge in [0.2, 0.25) is 5.95 Å². The number of Topliss-reactive ketones (excluding diaryl/α,β-unsaturated/α-hetero) is 1. The molecular weight excluding hydrogens is 392 g/mol. The molecule has 7 heteroatoms. The standard InChI is InChI=1S/C24H34N4O3/c1-5-27(14-15-30-4)24-25-12-10-23(26-24)28-13-11-22(17-28)31-21-8-6-20(7-9-21)18(2)16-19(3)29/h6-10,12,18,22H,5,11,13-17H2,1-4H3/t18-,22-/m1/s1. The number of benzene rings is 1. The number of likely N-dealkylation sites (N-methyl/N-ethyl adjacent to an activating group) is 1. The van der Waals surface area contributed by atoms with Crippen molar-refractivity contribution in [2.75, 3.05) is 49.7 Å². The molecule has 0 N–H and O–H groups in total. The summed E-state index contributed by atoms with van der Waals surface area (Å²) in [6, 6.07) is 10.1. The molecule has 0 aliphatic carbocycles. The van der Waals surface area contributed by atoms with E-state index in [4.69, 9.17) is 14.5 Å². The van der Waals surface area contributed by atoms with E-state index in [-0.39, 0.29) is 17.8 Å². The fourth-order valence-corrected chi connectivity index (χ4v) is 3.92. The van der Waals surface area contributed by atoms with Crippen molar-refractivity contribution in [1.29, 1.82) is 0 Å². The molecule has 0 unspecified atom stereocenters. The molecule has 1 aromatic heterocycles. The van der Waals surface area contributed by atoms with Crippen LogP contribution in [0.2, 0.25) is 0 Å². The molecule has 0 saturated carbocycles. The van der Waals surface area contributed by atoms with Gasteiger partial charge in [0, 0.05) is 45.8 Å². The topological polar surface area (TPSA) is 67.8 Å². The Hall–Kier alpha value is -2.67. The van der Waals surface area contributed by atoms with Crippen molar-refractivity contribution < 1.29 is 14.3 Å².